The highest BCUT2D eigenvalue weighted by molar-refractivity contribution is 5.94. The molecule has 0 saturated heterocycles. The van der Waals surface area contributed by atoms with E-state index in [1.54, 1.807) is 31.2 Å². The molecule has 2 aromatic rings. The maximum absolute atomic E-state index is 12.1. The molecular formula is C20H25N3O2. The van der Waals surface area contributed by atoms with E-state index >= 15 is 0 Å². The first-order chi connectivity index (χ1) is 12.0. The molecule has 0 radical (unpaired) electrons. The first-order valence-electron chi connectivity index (χ1n) is 8.52. The van der Waals surface area contributed by atoms with Crippen molar-refractivity contribution in [2.24, 2.45) is 0 Å². The van der Waals surface area contributed by atoms with Gasteiger partial charge in [-0.05, 0) is 41.8 Å². The molecule has 2 aromatic carbocycles. The van der Waals surface area contributed by atoms with Crippen LogP contribution in [0.5, 0.6) is 0 Å². The minimum Gasteiger partial charge on any atom is -0.376 e. The Balaban J connectivity index is 1.89. The summed E-state index contributed by atoms with van der Waals surface area (Å²) in [5, 5.41) is 8.80. The molecule has 5 nitrogen and oxygen atoms in total. The fourth-order valence-corrected chi connectivity index (χ4v) is 2.43. The van der Waals surface area contributed by atoms with Gasteiger partial charge in [0, 0.05) is 23.5 Å². The molecule has 0 atom stereocenters. The van der Waals surface area contributed by atoms with E-state index in [-0.39, 0.29) is 18.4 Å². The summed E-state index contributed by atoms with van der Waals surface area (Å²) in [6.45, 7) is 6.24. The fourth-order valence-electron chi connectivity index (χ4n) is 2.43. The number of hydrogen-bond donors (Lipinski definition) is 3. The normalized spacial score (nSPS) is 10.4. The predicted molar refractivity (Wildman–Crippen MR) is 103 cm³/mol. The van der Waals surface area contributed by atoms with Crippen LogP contribution in [0.4, 0.5) is 17.1 Å². The Labute approximate surface area is 148 Å². The quantitative estimate of drug-likeness (QED) is 0.708. The molecule has 0 aliphatic heterocycles. The van der Waals surface area contributed by atoms with Crippen LogP contribution in [0.15, 0.2) is 48.5 Å². The number of amides is 2. The van der Waals surface area contributed by atoms with E-state index in [0.29, 0.717) is 23.7 Å². The summed E-state index contributed by atoms with van der Waals surface area (Å²) < 4.78 is 0. The molecule has 0 unspecified atom stereocenters. The number of hydrogen-bond acceptors (Lipinski definition) is 3. The monoisotopic (exact) mass is 339 g/mol. The highest BCUT2D eigenvalue weighted by Crippen LogP contribution is 2.23. The molecule has 0 spiro atoms. The summed E-state index contributed by atoms with van der Waals surface area (Å²) in [6, 6.07) is 15.1. The van der Waals surface area contributed by atoms with Crippen LogP contribution in [0.1, 0.15) is 38.7 Å². The lowest BCUT2D eigenvalue weighted by molar-refractivity contribution is -0.116. The summed E-state index contributed by atoms with van der Waals surface area (Å²) in [6.07, 6.45) is 0.433. The van der Waals surface area contributed by atoms with Crippen molar-refractivity contribution in [1.82, 2.24) is 0 Å². The molecule has 0 bridgehead atoms. The van der Waals surface area contributed by atoms with Gasteiger partial charge < -0.3 is 16.0 Å². The zero-order valence-electron chi connectivity index (χ0n) is 14.9. The summed E-state index contributed by atoms with van der Waals surface area (Å²) >= 11 is 0. The molecule has 132 valence electrons. The van der Waals surface area contributed by atoms with Crippen LogP contribution in [0.2, 0.25) is 0 Å². The molecule has 2 rings (SSSR count). The van der Waals surface area contributed by atoms with Gasteiger partial charge in [-0.2, -0.15) is 0 Å². The van der Waals surface area contributed by atoms with Gasteiger partial charge in [-0.15, -0.1) is 0 Å². The number of anilines is 3. The lowest BCUT2D eigenvalue weighted by Gasteiger charge is -2.14. The Kier molecular flexibility index (Phi) is 6.57. The van der Waals surface area contributed by atoms with E-state index in [0.717, 1.165) is 5.69 Å². The predicted octanol–water partition coefficient (Wildman–Crippen LogP) is 4.21. The smallest absolute Gasteiger partial charge is 0.243 e. The van der Waals surface area contributed by atoms with Crippen LogP contribution < -0.4 is 16.0 Å². The topological polar surface area (TPSA) is 70.2 Å². The zero-order chi connectivity index (χ0) is 18.2. The van der Waals surface area contributed by atoms with Crippen molar-refractivity contribution in [2.45, 2.75) is 33.1 Å². The third-order valence-corrected chi connectivity index (χ3v) is 3.80. The van der Waals surface area contributed by atoms with Gasteiger partial charge in [0.05, 0.1) is 6.54 Å². The van der Waals surface area contributed by atoms with Crippen molar-refractivity contribution in [3.05, 3.63) is 54.1 Å². The van der Waals surface area contributed by atoms with Crippen LogP contribution in [0.25, 0.3) is 0 Å². The van der Waals surface area contributed by atoms with Crippen molar-refractivity contribution in [3.63, 3.8) is 0 Å². The second kappa shape index (κ2) is 8.87. The van der Waals surface area contributed by atoms with Crippen molar-refractivity contribution < 1.29 is 9.59 Å². The second-order valence-electron chi connectivity index (χ2n) is 6.12. The number of para-hydroxylation sites is 1. The average Bonchev–Trinajstić information content (AvgIpc) is 2.61. The van der Waals surface area contributed by atoms with E-state index in [1.165, 1.54) is 5.56 Å². The van der Waals surface area contributed by atoms with Gasteiger partial charge in [0.15, 0.2) is 0 Å². The minimum absolute atomic E-state index is 0.0372. The highest BCUT2D eigenvalue weighted by atomic mass is 16.2. The van der Waals surface area contributed by atoms with Crippen LogP contribution in [-0.4, -0.2) is 18.4 Å². The SMILES string of the molecule is CCC(=O)Nc1ccc(NC(=O)CNc2ccccc2C(C)C)cc1. The Morgan fingerprint density at radius 2 is 1.44 bits per heavy atom. The van der Waals surface area contributed by atoms with E-state index in [1.807, 2.05) is 18.2 Å². The van der Waals surface area contributed by atoms with Gasteiger partial charge >= 0.3 is 0 Å². The number of rotatable bonds is 7. The van der Waals surface area contributed by atoms with E-state index in [9.17, 15) is 9.59 Å². The number of nitrogens with one attached hydrogen (secondary N) is 3. The van der Waals surface area contributed by atoms with Crippen LogP contribution in [0, 0.1) is 0 Å². The highest BCUT2D eigenvalue weighted by Gasteiger charge is 2.08. The number of benzene rings is 2. The Hall–Kier alpha value is -2.82. The largest absolute Gasteiger partial charge is 0.376 e. The summed E-state index contributed by atoms with van der Waals surface area (Å²) in [7, 11) is 0. The van der Waals surface area contributed by atoms with Gasteiger partial charge in [-0.3, -0.25) is 9.59 Å². The summed E-state index contributed by atoms with van der Waals surface area (Å²) in [5.74, 6) is 0.228. The molecule has 25 heavy (non-hydrogen) atoms. The molecule has 5 heteroatoms. The van der Waals surface area contributed by atoms with Gasteiger partial charge in [0.25, 0.3) is 0 Å². The van der Waals surface area contributed by atoms with E-state index in [4.69, 9.17) is 0 Å². The number of carbonyl (C=O) groups is 2. The minimum atomic E-state index is -0.121. The molecule has 3 N–H and O–H groups in total. The number of carbonyl (C=O) groups excluding carboxylic acids is 2. The summed E-state index contributed by atoms with van der Waals surface area (Å²) in [4.78, 5) is 23.5. The molecular weight excluding hydrogens is 314 g/mol. The van der Waals surface area contributed by atoms with Crippen molar-refractivity contribution in [1.29, 1.82) is 0 Å². The lowest BCUT2D eigenvalue weighted by Crippen LogP contribution is -2.22. The molecule has 0 heterocycles. The Morgan fingerprint density at radius 3 is 2.00 bits per heavy atom. The van der Waals surface area contributed by atoms with Crippen LogP contribution in [0.3, 0.4) is 0 Å². The molecule has 0 fully saturated rings. The Morgan fingerprint density at radius 1 is 0.880 bits per heavy atom. The van der Waals surface area contributed by atoms with Crippen molar-refractivity contribution in [2.75, 3.05) is 22.5 Å². The lowest BCUT2D eigenvalue weighted by atomic mass is 10.0. The van der Waals surface area contributed by atoms with Gasteiger partial charge in [-0.25, -0.2) is 0 Å². The fraction of sp³-hybridized carbons (Fsp3) is 0.300. The van der Waals surface area contributed by atoms with Crippen molar-refractivity contribution >= 4 is 28.9 Å². The maximum atomic E-state index is 12.1. The summed E-state index contributed by atoms with van der Waals surface area (Å²) in [5.41, 5.74) is 3.57. The zero-order valence-corrected chi connectivity index (χ0v) is 14.9. The standard InChI is InChI=1S/C20H25N3O2/c1-4-19(24)22-15-9-11-16(12-10-15)23-20(25)13-21-18-8-6-5-7-17(18)14(2)3/h5-12,14,21H,4,13H2,1-3H3,(H,22,24)(H,23,25). The maximum Gasteiger partial charge on any atom is 0.243 e. The third-order valence-electron chi connectivity index (χ3n) is 3.80. The van der Waals surface area contributed by atoms with E-state index < -0.39 is 0 Å². The van der Waals surface area contributed by atoms with Crippen LogP contribution >= 0.6 is 0 Å². The average molecular weight is 339 g/mol. The first-order valence-corrected chi connectivity index (χ1v) is 8.52. The van der Waals surface area contributed by atoms with Crippen molar-refractivity contribution in [3.8, 4) is 0 Å². The molecule has 0 aliphatic carbocycles. The molecule has 0 aromatic heterocycles. The first kappa shape index (κ1) is 18.5. The second-order valence-corrected chi connectivity index (χ2v) is 6.12. The third kappa shape index (κ3) is 5.64. The molecule has 2 amide bonds. The van der Waals surface area contributed by atoms with E-state index in [2.05, 4.69) is 35.9 Å². The van der Waals surface area contributed by atoms with Crippen LogP contribution in [-0.2, 0) is 9.59 Å². The van der Waals surface area contributed by atoms with Gasteiger partial charge in [0.2, 0.25) is 11.8 Å². The Bertz CT molecular complexity index is 724. The molecule has 0 aliphatic rings. The van der Waals surface area contributed by atoms with Gasteiger partial charge in [0.1, 0.15) is 0 Å². The van der Waals surface area contributed by atoms with Gasteiger partial charge in [-0.1, -0.05) is 39.0 Å². The molecule has 0 saturated carbocycles.